The first-order valence-corrected chi connectivity index (χ1v) is 7.93. The van der Waals surface area contributed by atoms with Crippen LogP contribution in [0.1, 0.15) is 40.6 Å². The highest BCUT2D eigenvalue weighted by Crippen LogP contribution is 2.40. The minimum absolute atomic E-state index is 0.161. The molecule has 1 aliphatic rings. The predicted molar refractivity (Wildman–Crippen MR) is 86.2 cm³/mol. The Labute approximate surface area is 139 Å². The lowest BCUT2D eigenvalue weighted by Crippen LogP contribution is -2.26. The first kappa shape index (κ1) is 14.7. The lowest BCUT2D eigenvalue weighted by molar-refractivity contribution is 0.0782. The topological polar surface area (TPSA) is 72.4 Å². The highest BCUT2D eigenvalue weighted by atomic mass is 16.5. The van der Waals surface area contributed by atoms with E-state index in [1.807, 2.05) is 36.4 Å². The monoisotopic (exact) mass is 323 g/mol. The van der Waals surface area contributed by atoms with Crippen LogP contribution < -0.4 is 0 Å². The van der Waals surface area contributed by atoms with Gasteiger partial charge in [-0.3, -0.25) is 4.79 Å². The van der Waals surface area contributed by atoms with Crippen molar-refractivity contribution in [1.82, 2.24) is 15.2 Å². The summed E-state index contributed by atoms with van der Waals surface area (Å²) in [4.78, 5) is 14.3. The van der Waals surface area contributed by atoms with Gasteiger partial charge in [0, 0.05) is 24.6 Å². The van der Waals surface area contributed by atoms with E-state index in [0.29, 0.717) is 23.8 Å². The van der Waals surface area contributed by atoms with Gasteiger partial charge in [-0.1, -0.05) is 40.6 Å². The van der Waals surface area contributed by atoms with Crippen LogP contribution in [0.4, 0.5) is 0 Å². The van der Waals surface area contributed by atoms with Gasteiger partial charge in [-0.15, -0.1) is 0 Å². The van der Waals surface area contributed by atoms with Crippen LogP contribution in [0.2, 0.25) is 0 Å². The van der Waals surface area contributed by atoms with Gasteiger partial charge in [-0.2, -0.15) is 0 Å². The van der Waals surface area contributed by atoms with Crippen LogP contribution in [-0.2, 0) is 6.54 Å². The van der Waals surface area contributed by atoms with E-state index in [9.17, 15) is 4.79 Å². The van der Waals surface area contributed by atoms with E-state index in [1.165, 1.54) is 6.20 Å². The molecule has 2 aromatic heterocycles. The van der Waals surface area contributed by atoms with E-state index in [0.717, 1.165) is 29.9 Å². The first-order chi connectivity index (χ1) is 11.7. The molecule has 0 bridgehead atoms. The number of nitrogens with zero attached hydrogens (tertiary/aromatic N) is 3. The normalized spacial score (nSPS) is 13.9. The van der Waals surface area contributed by atoms with Gasteiger partial charge >= 0.3 is 0 Å². The summed E-state index contributed by atoms with van der Waals surface area (Å²) < 4.78 is 10.6. The smallest absolute Gasteiger partial charge is 0.259 e. The van der Waals surface area contributed by atoms with E-state index in [4.69, 9.17) is 9.05 Å². The molecule has 0 N–H and O–H groups in total. The van der Waals surface area contributed by atoms with Crippen LogP contribution in [0.5, 0.6) is 0 Å². The molecule has 0 aliphatic heterocycles. The average Bonchev–Trinajstić information content (AvgIpc) is 3.16. The number of benzene rings is 1. The third-order valence-electron chi connectivity index (χ3n) is 4.14. The Morgan fingerprint density at radius 1 is 1.25 bits per heavy atom. The summed E-state index contributed by atoms with van der Waals surface area (Å²) in [5.74, 6) is 1.74. The molecule has 1 aliphatic carbocycles. The molecule has 1 amide bonds. The second-order valence-corrected chi connectivity index (χ2v) is 6.09. The van der Waals surface area contributed by atoms with Gasteiger partial charge in [-0.25, -0.2) is 0 Å². The lowest BCUT2D eigenvalue weighted by atomic mass is 10.1. The molecule has 24 heavy (non-hydrogen) atoms. The summed E-state index contributed by atoms with van der Waals surface area (Å²) in [6, 6.07) is 11.4. The van der Waals surface area contributed by atoms with Gasteiger partial charge in [0.25, 0.3) is 5.91 Å². The van der Waals surface area contributed by atoms with E-state index in [1.54, 1.807) is 11.9 Å². The molecule has 0 atom stereocenters. The zero-order valence-corrected chi connectivity index (χ0v) is 13.3. The van der Waals surface area contributed by atoms with Crippen LogP contribution in [0.3, 0.4) is 0 Å². The van der Waals surface area contributed by atoms with Gasteiger partial charge in [0.1, 0.15) is 17.0 Å². The molecule has 0 radical (unpaired) electrons. The summed E-state index contributed by atoms with van der Waals surface area (Å²) >= 11 is 0. The second-order valence-electron chi connectivity index (χ2n) is 6.09. The standard InChI is InChI=1S/C18H17N3O3/c1-21(11-14-9-16(23-20-14)12-7-8-12)18(22)15-10-19-24-17(15)13-5-3-2-4-6-13/h2-6,9-10,12H,7-8,11H2,1H3. The maximum atomic E-state index is 12.7. The minimum Gasteiger partial charge on any atom is -0.361 e. The molecule has 0 spiro atoms. The Kier molecular flexibility index (Phi) is 3.65. The Morgan fingerprint density at radius 3 is 2.79 bits per heavy atom. The van der Waals surface area contributed by atoms with Crippen LogP contribution in [-0.4, -0.2) is 28.2 Å². The van der Waals surface area contributed by atoms with Gasteiger partial charge < -0.3 is 13.9 Å². The zero-order chi connectivity index (χ0) is 16.5. The van der Waals surface area contributed by atoms with Crippen LogP contribution in [0.15, 0.2) is 51.6 Å². The molecule has 3 aromatic rings. The molecule has 0 unspecified atom stereocenters. The van der Waals surface area contributed by atoms with Crippen molar-refractivity contribution >= 4 is 5.91 Å². The fourth-order valence-corrected chi connectivity index (χ4v) is 2.67. The average molecular weight is 323 g/mol. The van der Waals surface area contributed by atoms with Crippen molar-refractivity contribution in [2.75, 3.05) is 7.05 Å². The third kappa shape index (κ3) is 2.82. The minimum atomic E-state index is -0.161. The summed E-state index contributed by atoms with van der Waals surface area (Å²) in [6.07, 6.45) is 3.77. The van der Waals surface area contributed by atoms with Crippen molar-refractivity contribution < 1.29 is 13.8 Å². The van der Waals surface area contributed by atoms with Gasteiger partial charge in [0.2, 0.25) is 0 Å². The van der Waals surface area contributed by atoms with Crippen molar-refractivity contribution in [3.05, 3.63) is 59.6 Å². The van der Waals surface area contributed by atoms with Crippen LogP contribution in [0.25, 0.3) is 11.3 Å². The highest BCUT2D eigenvalue weighted by Gasteiger charge is 2.28. The number of carbonyl (C=O) groups excluding carboxylic acids is 1. The van der Waals surface area contributed by atoms with E-state index in [-0.39, 0.29) is 5.91 Å². The Bertz CT molecular complexity index is 849. The predicted octanol–water partition coefficient (Wildman–Crippen LogP) is 3.48. The van der Waals surface area contributed by atoms with E-state index >= 15 is 0 Å². The summed E-state index contributed by atoms with van der Waals surface area (Å²) in [7, 11) is 1.73. The van der Waals surface area contributed by atoms with Crippen molar-refractivity contribution in [2.24, 2.45) is 0 Å². The largest absolute Gasteiger partial charge is 0.361 e. The molecule has 4 rings (SSSR count). The van der Waals surface area contributed by atoms with Gasteiger partial charge in [-0.05, 0) is 12.8 Å². The van der Waals surface area contributed by atoms with E-state index in [2.05, 4.69) is 10.3 Å². The fraction of sp³-hybridized carbons (Fsp3) is 0.278. The molecule has 1 aromatic carbocycles. The number of rotatable bonds is 5. The molecule has 0 saturated heterocycles. The number of hydrogen-bond acceptors (Lipinski definition) is 5. The summed E-state index contributed by atoms with van der Waals surface area (Å²) in [6.45, 7) is 0.383. The molecular formula is C18H17N3O3. The molecular weight excluding hydrogens is 306 g/mol. The van der Waals surface area contributed by atoms with Crippen molar-refractivity contribution in [2.45, 2.75) is 25.3 Å². The summed E-state index contributed by atoms with van der Waals surface area (Å²) in [5.41, 5.74) is 2.02. The molecule has 1 fully saturated rings. The van der Waals surface area contributed by atoms with Crippen LogP contribution >= 0.6 is 0 Å². The first-order valence-electron chi connectivity index (χ1n) is 7.93. The Morgan fingerprint density at radius 2 is 2.04 bits per heavy atom. The molecule has 1 saturated carbocycles. The fourth-order valence-electron chi connectivity index (χ4n) is 2.67. The SMILES string of the molecule is CN(Cc1cc(C2CC2)on1)C(=O)c1cnoc1-c1ccccc1. The molecule has 122 valence electrons. The Balaban J connectivity index is 1.51. The number of carbonyl (C=O) groups is 1. The molecule has 2 heterocycles. The highest BCUT2D eigenvalue weighted by molar-refractivity contribution is 5.99. The van der Waals surface area contributed by atoms with Gasteiger partial charge in [0.05, 0.1) is 12.7 Å². The van der Waals surface area contributed by atoms with Crippen molar-refractivity contribution in [3.8, 4) is 11.3 Å². The van der Waals surface area contributed by atoms with Gasteiger partial charge in [0.15, 0.2) is 5.76 Å². The number of hydrogen-bond donors (Lipinski definition) is 0. The zero-order valence-electron chi connectivity index (χ0n) is 13.3. The quantitative estimate of drug-likeness (QED) is 0.719. The van der Waals surface area contributed by atoms with Crippen molar-refractivity contribution in [1.29, 1.82) is 0 Å². The molecule has 6 heteroatoms. The molecule has 6 nitrogen and oxygen atoms in total. The lowest BCUT2D eigenvalue weighted by Gasteiger charge is -2.14. The summed E-state index contributed by atoms with van der Waals surface area (Å²) in [5, 5.41) is 7.84. The number of aromatic nitrogens is 2. The third-order valence-corrected chi connectivity index (χ3v) is 4.14. The maximum absolute atomic E-state index is 12.7. The number of amides is 1. The Hall–Kier alpha value is -2.89. The van der Waals surface area contributed by atoms with E-state index < -0.39 is 0 Å². The second kappa shape index (κ2) is 5.96. The van der Waals surface area contributed by atoms with Crippen molar-refractivity contribution in [3.63, 3.8) is 0 Å². The maximum Gasteiger partial charge on any atom is 0.259 e. The van der Waals surface area contributed by atoms with Crippen LogP contribution in [0, 0.1) is 0 Å².